The van der Waals surface area contributed by atoms with Crippen LogP contribution in [0.4, 0.5) is 0 Å². The van der Waals surface area contributed by atoms with E-state index in [4.69, 9.17) is 0 Å². The summed E-state index contributed by atoms with van der Waals surface area (Å²) < 4.78 is 0. The van der Waals surface area contributed by atoms with E-state index in [0.29, 0.717) is 23.7 Å². The van der Waals surface area contributed by atoms with Crippen molar-refractivity contribution in [3.63, 3.8) is 0 Å². The van der Waals surface area contributed by atoms with Crippen molar-refractivity contribution in [1.29, 1.82) is 0 Å². The summed E-state index contributed by atoms with van der Waals surface area (Å²) in [4.78, 5) is 0. The SMILES string of the molecule is O[C@@H]1C[C@@H]2C=C[C@@H]3C=C(c4ccccc4)[C@@H]1[C@H]32. The van der Waals surface area contributed by atoms with Crippen LogP contribution in [0, 0.1) is 23.7 Å². The summed E-state index contributed by atoms with van der Waals surface area (Å²) in [6.45, 7) is 0. The average Bonchev–Trinajstić information content (AvgIpc) is 2.98. The monoisotopic (exact) mass is 224 g/mol. The molecule has 0 heterocycles. The molecule has 17 heavy (non-hydrogen) atoms. The first-order chi connectivity index (χ1) is 8.34. The van der Waals surface area contributed by atoms with Gasteiger partial charge in [-0.1, -0.05) is 48.6 Å². The highest BCUT2D eigenvalue weighted by Gasteiger charge is 2.51. The van der Waals surface area contributed by atoms with Gasteiger partial charge in [0.05, 0.1) is 6.10 Å². The molecule has 1 aromatic rings. The highest BCUT2D eigenvalue weighted by atomic mass is 16.3. The third-order valence-electron chi connectivity index (χ3n) is 4.70. The van der Waals surface area contributed by atoms with E-state index >= 15 is 0 Å². The van der Waals surface area contributed by atoms with Crippen LogP contribution in [0.3, 0.4) is 0 Å². The number of aliphatic hydroxyl groups is 1. The van der Waals surface area contributed by atoms with Crippen LogP contribution in [-0.4, -0.2) is 11.2 Å². The molecule has 0 bridgehead atoms. The van der Waals surface area contributed by atoms with Gasteiger partial charge in [0.25, 0.3) is 0 Å². The molecule has 1 N–H and O–H groups in total. The van der Waals surface area contributed by atoms with Crippen LogP contribution in [0.5, 0.6) is 0 Å². The Hall–Kier alpha value is -1.34. The Bertz CT molecular complexity index is 500. The van der Waals surface area contributed by atoms with Crippen LogP contribution in [-0.2, 0) is 0 Å². The lowest BCUT2D eigenvalue weighted by Gasteiger charge is -2.19. The van der Waals surface area contributed by atoms with Crippen LogP contribution >= 0.6 is 0 Å². The molecule has 0 amide bonds. The number of benzene rings is 1. The summed E-state index contributed by atoms with van der Waals surface area (Å²) in [6, 6.07) is 10.5. The van der Waals surface area contributed by atoms with Gasteiger partial charge in [0.1, 0.15) is 0 Å². The molecule has 86 valence electrons. The van der Waals surface area contributed by atoms with Crippen molar-refractivity contribution in [2.45, 2.75) is 12.5 Å². The Balaban J connectivity index is 1.80. The van der Waals surface area contributed by atoms with E-state index in [1.807, 2.05) is 6.07 Å². The van der Waals surface area contributed by atoms with Gasteiger partial charge in [0, 0.05) is 5.92 Å². The Morgan fingerprint density at radius 3 is 2.71 bits per heavy atom. The third-order valence-corrected chi connectivity index (χ3v) is 4.70. The molecular weight excluding hydrogens is 208 g/mol. The molecule has 1 heteroatoms. The van der Waals surface area contributed by atoms with Gasteiger partial charge in [0.15, 0.2) is 0 Å². The second-order valence-electron chi connectivity index (χ2n) is 5.52. The molecule has 0 aromatic heterocycles. The summed E-state index contributed by atoms with van der Waals surface area (Å²) in [7, 11) is 0. The number of aliphatic hydroxyl groups excluding tert-OH is 1. The smallest absolute Gasteiger partial charge is 0.0617 e. The molecule has 3 aliphatic carbocycles. The predicted molar refractivity (Wildman–Crippen MR) is 68.1 cm³/mol. The van der Waals surface area contributed by atoms with Crippen LogP contribution in [0.15, 0.2) is 48.6 Å². The largest absolute Gasteiger partial charge is 0.392 e. The summed E-state index contributed by atoms with van der Waals surface area (Å²) in [5.74, 6) is 2.18. The quantitative estimate of drug-likeness (QED) is 0.727. The number of hydrogen-bond donors (Lipinski definition) is 1. The van der Waals surface area contributed by atoms with Crippen molar-refractivity contribution in [2.75, 3.05) is 0 Å². The molecular formula is C16H16O. The molecule has 0 radical (unpaired) electrons. The zero-order valence-corrected chi connectivity index (χ0v) is 9.66. The zero-order valence-electron chi connectivity index (χ0n) is 9.66. The van der Waals surface area contributed by atoms with Gasteiger partial charge in [0.2, 0.25) is 0 Å². The minimum absolute atomic E-state index is 0.147. The minimum atomic E-state index is -0.147. The second kappa shape index (κ2) is 3.33. The molecule has 0 spiro atoms. The maximum Gasteiger partial charge on any atom is 0.0617 e. The van der Waals surface area contributed by atoms with E-state index in [1.165, 1.54) is 11.1 Å². The lowest BCUT2D eigenvalue weighted by Crippen LogP contribution is -2.18. The molecule has 1 nitrogen and oxygen atoms in total. The van der Waals surface area contributed by atoms with Crippen molar-refractivity contribution in [3.8, 4) is 0 Å². The van der Waals surface area contributed by atoms with Crippen molar-refractivity contribution < 1.29 is 5.11 Å². The molecule has 5 atom stereocenters. The van der Waals surface area contributed by atoms with E-state index in [0.717, 1.165) is 6.42 Å². The number of rotatable bonds is 1. The Kier molecular flexibility index (Phi) is 1.89. The average molecular weight is 224 g/mol. The molecule has 3 aliphatic rings. The Labute approximate surface area is 101 Å². The van der Waals surface area contributed by atoms with Crippen LogP contribution in [0.25, 0.3) is 5.57 Å². The minimum Gasteiger partial charge on any atom is -0.392 e. The number of hydrogen-bond acceptors (Lipinski definition) is 1. The van der Waals surface area contributed by atoms with E-state index in [2.05, 4.69) is 42.5 Å². The van der Waals surface area contributed by atoms with E-state index in [1.54, 1.807) is 0 Å². The molecule has 0 unspecified atom stereocenters. The standard InChI is InChI=1S/C16H16O/c17-14-9-12-7-6-11-8-13(16(14)15(11)12)10-4-2-1-3-5-10/h1-8,11-12,14-17H,9H2/t11-,12+,14-,15-,16+/m1/s1. The first kappa shape index (κ1) is 9.67. The summed E-state index contributed by atoms with van der Waals surface area (Å²) in [6.07, 6.45) is 7.84. The zero-order chi connectivity index (χ0) is 11.4. The lowest BCUT2D eigenvalue weighted by atomic mass is 9.86. The fourth-order valence-electron chi connectivity index (χ4n) is 4.06. The molecule has 1 saturated carbocycles. The van der Waals surface area contributed by atoms with Crippen molar-refractivity contribution in [3.05, 3.63) is 54.1 Å². The molecule has 1 aromatic carbocycles. The van der Waals surface area contributed by atoms with E-state index in [-0.39, 0.29) is 6.10 Å². The normalized spacial score (nSPS) is 41.7. The summed E-state index contributed by atoms with van der Waals surface area (Å²) in [5, 5.41) is 10.3. The fraction of sp³-hybridized carbons (Fsp3) is 0.375. The van der Waals surface area contributed by atoms with Crippen molar-refractivity contribution >= 4 is 5.57 Å². The molecule has 4 rings (SSSR count). The predicted octanol–water partition coefficient (Wildman–Crippen LogP) is 2.88. The summed E-state index contributed by atoms with van der Waals surface area (Å²) >= 11 is 0. The highest BCUT2D eigenvalue weighted by Crippen LogP contribution is 2.57. The Morgan fingerprint density at radius 1 is 1.06 bits per heavy atom. The van der Waals surface area contributed by atoms with Gasteiger partial charge in [-0.05, 0) is 35.3 Å². The lowest BCUT2D eigenvalue weighted by molar-refractivity contribution is 0.146. The first-order valence-electron chi connectivity index (χ1n) is 6.48. The number of allylic oxidation sites excluding steroid dienone is 3. The molecule has 0 saturated heterocycles. The Morgan fingerprint density at radius 2 is 1.88 bits per heavy atom. The van der Waals surface area contributed by atoms with Gasteiger partial charge >= 0.3 is 0 Å². The van der Waals surface area contributed by atoms with Crippen LogP contribution in [0.1, 0.15) is 12.0 Å². The molecule has 0 aliphatic heterocycles. The van der Waals surface area contributed by atoms with Gasteiger partial charge in [-0.25, -0.2) is 0 Å². The maximum absolute atomic E-state index is 10.3. The fourth-order valence-corrected chi connectivity index (χ4v) is 4.06. The van der Waals surface area contributed by atoms with Gasteiger partial charge in [-0.3, -0.25) is 0 Å². The van der Waals surface area contributed by atoms with Crippen LogP contribution in [0.2, 0.25) is 0 Å². The maximum atomic E-state index is 10.3. The topological polar surface area (TPSA) is 20.2 Å². The third kappa shape index (κ3) is 1.23. The van der Waals surface area contributed by atoms with Crippen molar-refractivity contribution in [1.82, 2.24) is 0 Å². The van der Waals surface area contributed by atoms with Crippen molar-refractivity contribution in [2.24, 2.45) is 23.7 Å². The first-order valence-corrected chi connectivity index (χ1v) is 6.48. The highest BCUT2D eigenvalue weighted by molar-refractivity contribution is 5.72. The van der Waals surface area contributed by atoms with Gasteiger partial charge in [-0.2, -0.15) is 0 Å². The summed E-state index contributed by atoms with van der Waals surface area (Å²) in [5.41, 5.74) is 2.67. The van der Waals surface area contributed by atoms with E-state index in [9.17, 15) is 5.11 Å². The van der Waals surface area contributed by atoms with E-state index < -0.39 is 0 Å². The van der Waals surface area contributed by atoms with Gasteiger partial charge in [-0.15, -0.1) is 0 Å². The van der Waals surface area contributed by atoms with Gasteiger partial charge < -0.3 is 5.11 Å². The second-order valence-corrected chi connectivity index (χ2v) is 5.52. The molecule has 1 fully saturated rings. The van der Waals surface area contributed by atoms with Crippen LogP contribution < -0.4 is 0 Å².